The van der Waals surface area contributed by atoms with E-state index in [2.05, 4.69) is 4.90 Å². The van der Waals surface area contributed by atoms with Crippen molar-refractivity contribution in [3.63, 3.8) is 0 Å². The molecule has 1 heterocycles. The van der Waals surface area contributed by atoms with Gasteiger partial charge in [0.15, 0.2) is 0 Å². The molecule has 1 aliphatic carbocycles. The number of rotatable bonds is 3. The van der Waals surface area contributed by atoms with Gasteiger partial charge in [-0.25, -0.2) is 0 Å². The molecule has 88 valence electrons. The Labute approximate surface area is 97.2 Å². The summed E-state index contributed by atoms with van der Waals surface area (Å²) in [6.45, 7) is 1.91. The molecule has 15 heavy (non-hydrogen) atoms. The number of nitrogens with zero attached hydrogens (tertiary/aromatic N) is 1. The van der Waals surface area contributed by atoms with E-state index < -0.39 is 5.97 Å². The molecule has 1 N–H and O–H groups in total. The van der Waals surface area contributed by atoms with Gasteiger partial charge in [0.05, 0.1) is 6.42 Å². The topological polar surface area (TPSA) is 40.5 Å². The lowest BCUT2D eigenvalue weighted by Crippen LogP contribution is -2.55. The molecule has 0 amide bonds. The van der Waals surface area contributed by atoms with Gasteiger partial charge < -0.3 is 5.11 Å². The van der Waals surface area contributed by atoms with E-state index in [1.165, 1.54) is 32.1 Å². The summed E-state index contributed by atoms with van der Waals surface area (Å²) in [7, 11) is 0. The maximum Gasteiger partial charge on any atom is 0.304 e. The van der Waals surface area contributed by atoms with Crippen LogP contribution >= 0.6 is 12.4 Å². The molecule has 2 atom stereocenters. The van der Waals surface area contributed by atoms with Gasteiger partial charge in [0.25, 0.3) is 0 Å². The minimum absolute atomic E-state index is 0. The van der Waals surface area contributed by atoms with Crippen LogP contribution in [-0.2, 0) is 4.79 Å². The minimum atomic E-state index is -0.665. The first-order valence-corrected chi connectivity index (χ1v) is 5.73. The summed E-state index contributed by atoms with van der Waals surface area (Å²) in [4.78, 5) is 12.8. The Kier molecular flexibility index (Phi) is 4.87. The van der Waals surface area contributed by atoms with E-state index in [0.717, 1.165) is 25.0 Å². The minimum Gasteiger partial charge on any atom is -0.481 e. The molecule has 3 nitrogen and oxygen atoms in total. The van der Waals surface area contributed by atoms with Crippen LogP contribution in [0.15, 0.2) is 0 Å². The molecule has 1 saturated carbocycles. The van der Waals surface area contributed by atoms with Crippen LogP contribution in [0.4, 0.5) is 0 Å². The first kappa shape index (κ1) is 12.8. The Hall–Kier alpha value is -0.280. The predicted molar refractivity (Wildman–Crippen MR) is 61.4 cm³/mol. The number of aliphatic carboxylic acids is 1. The molecular formula is C11H20ClNO2. The first-order chi connectivity index (χ1) is 6.77. The van der Waals surface area contributed by atoms with E-state index in [-0.39, 0.29) is 12.4 Å². The quantitative estimate of drug-likeness (QED) is 0.812. The number of fused-ring (bicyclic) bond motifs is 1. The highest BCUT2D eigenvalue weighted by atomic mass is 35.5. The molecular weight excluding hydrogens is 214 g/mol. The summed E-state index contributed by atoms with van der Waals surface area (Å²) in [5.41, 5.74) is 0. The lowest BCUT2D eigenvalue weighted by Gasteiger charge is -2.47. The number of hydrogen-bond acceptors (Lipinski definition) is 2. The SMILES string of the molecule is Cl.O=C(O)CCN1CC2CCCCCC21. The molecule has 0 radical (unpaired) electrons. The van der Waals surface area contributed by atoms with Gasteiger partial charge >= 0.3 is 5.97 Å². The van der Waals surface area contributed by atoms with Gasteiger partial charge in [-0.05, 0) is 18.8 Å². The van der Waals surface area contributed by atoms with Crippen molar-refractivity contribution in [2.24, 2.45) is 5.92 Å². The number of carboxylic acids is 1. The average Bonchev–Trinajstić information content (AvgIpc) is 2.28. The number of hydrogen-bond donors (Lipinski definition) is 1. The average molecular weight is 234 g/mol. The third-order valence-corrected chi connectivity index (χ3v) is 3.67. The zero-order valence-electron chi connectivity index (χ0n) is 9.02. The molecule has 2 unspecified atom stereocenters. The van der Waals surface area contributed by atoms with Crippen LogP contribution in [0.3, 0.4) is 0 Å². The summed E-state index contributed by atoms with van der Waals surface area (Å²) in [6.07, 6.45) is 7.07. The van der Waals surface area contributed by atoms with Crippen LogP contribution in [0.5, 0.6) is 0 Å². The van der Waals surface area contributed by atoms with E-state index in [4.69, 9.17) is 5.11 Å². The Morgan fingerprint density at radius 3 is 2.73 bits per heavy atom. The van der Waals surface area contributed by atoms with Crippen molar-refractivity contribution in [3.8, 4) is 0 Å². The fourth-order valence-electron chi connectivity index (χ4n) is 2.85. The third-order valence-electron chi connectivity index (χ3n) is 3.67. The predicted octanol–water partition coefficient (Wildman–Crippen LogP) is 2.15. The molecule has 0 aromatic rings. The molecule has 0 aromatic carbocycles. The monoisotopic (exact) mass is 233 g/mol. The van der Waals surface area contributed by atoms with Gasteiger partial charge in [0, 0.05) is 19.1 Å². The number of likely N-dealkylation sites (tertiary alicyclic amines) is 1. The molecule has 2 fully saturated rings. The van der Waals surface area contributed by atoms with Crippen molar-refractivity contribution >= 4 is 18.4 Å². The highest BCUT2D eigenvalue weighted by Crippen LogP contribution is 2.35. The summed E-state index contributed by atoms with van der Waals surface area (Å²) >= 11 is 0. The van der Waals surface area contributed by atoms with Crippen LogP contribution in [0, 0.1) is 5.92 Å². The Morgan fingerprint density at radius 1 is 1.27 bits per heavy atom. The van der Waals surface area contributed by atoms with E-state index in [0.29, 0.717) is 6.42 Å². The van der Waals surface area contributed by atoms with Crippen LogP contribution in [0.1, 0.15) is 38.5 Å². The largest absolute Gasteiger partial charge is 0.481 e. The maximum absolute atomic E-state index is 10.4. The second kappa shape index (κ2) is 5.71. The fraction of sp³-hybridized carbons (Fsp3) is 0.909. The van der Waals surface area contributed by atoms with Gasteiger partial charge in [-0.2, -0.15) is 0 Å². The van der Waals surface area contributed by atoms with E-state index in [9.17, 15) is 4.79 Å². The van der Waals surface area contributed by atoms with Crippen LogP contribution in [0.2, 0.25) is 0 Å². The molecule has 0 bridgehead atoms. The van der Waals surface area contributed by atoms with Crippen molar-refractivity contribution in [1.82, 2.24) is 4.90 Å². The fourth-order valence-corrected chi connectivity index (χ4v) is 2.85. The molecule has 0 aromatic heterocycles. The van der Waals surface area contributed by atoms with Crippen LogP contribution < -0.4 is 0 Å². The van der Waals surface area contributed by atoms with Crippen molar-refractivity contribution in [3.05, 3.63) is 0 Å². The van der Waals surface area contributed by atoms with E-state index >= 15 is 0 Å². The third kappa shape index (κ3) is 3.08. The zero-order chi connectivity index (χ0) is 9.97. The van der Waals surface area contributed by atoms with E-state index in [1.54, 1.807) is 0 Å². The van der Waals surface area contributed by atoms with Gasteiger partial charge in [0.1, 0.15) is 0 Å². The normalized spacial score (nSPS) is 30.7. The second-order valence-corrected chi connectivity index (χ2v) is 4.60. The van der Waals surface area contributed by atoms with Gasteiger partial charge in [-0.15, -0.1) is 12.4 Å². The highest BCUT2D eigenvalue weighted by molar-refractivity contribution is 5.85. The van der Waals surface area contributed by atoms with Crippen LogP contribution in [-0.4, -0.2) is 35.1 Å². The van der Waals surface area contributed by atoms with Crippen molar-refractivity contribution < 1.29 is 9.90 Å². The Balaban J connectivity index is 0.00000112. The molecule has 0 spiro atoms. The smallest absolute Gasteiger partial charge is 0.304 e. The number of carboxylic acid groups (broad SMARTS) is 1. The van der Waals surface area contributed by atoms with Gasteiger partial charge in [-0.1, -0.05) is 19.3 Å². The van der Waals surface area contributed by atoms with Gasteiger partial charge in [0.2, 0.25) is 0 Å². The standard InChI is InChI=1S/C11H19NO2.ClH/c13-11(14)6-7-12-8-9-4-2-1-3-5-10(9)12;/h9-10H,1-8H2,(H,13,14);1H. The zero-order valence-corrected chi connectivity index (χ0v) is 9.84. The Morgan fingerprint density at radius 2 is 2.00 bits per heavy atom. The lowest BCUT2D eigenvalue weighted by atomic mass is 9.84. The second-order valence-electron chi connectivity index (χ2n) is 4.60. The highest BCUT2D eigenvalue weighted by Gasteiger charge is 2.38. The van der Waals surface area contributed by atoms with E-state index in [1.807, 2.05) is 0 Å². The summed E-state index contributed by atoms with van der Waals surface area (Å²) in [6, 6.07) is 0.719. The number of carbonyl (C=O) groups is 1. The maximum atomic E-state index is 10.4. The summed E-state index contributed by atoms with van der Waals surface area (Å²) < 4.78 is 0. The van der Waals surface area contributed by atoms with Crippen molar-refractivity contribution in [2.75, 3.05) is 13.1 Å². The summed E-state index contributed by atoms with van der Waals surface area (Å²) in [5, 5.41) is 8.61. The molecule has 1 saturated heterocycles. The number of halogens is 1. The molecule has 1 aliphatic heterocycles. The molecule has 4 heteroatoms. The van der Waals surface area contributed by atoms with Crippen molar-refractivity contribution in [2.45, 2.75) is 44.6 Å². The molecule has 2 rings (SSSR count). The summed E-state index contributed by atoms with van der Waals surface area (Å²) in [5.74, 6) is 0.216. The molecule has 2 aliphatic rings. The van der Waals surface area contributed by atoms with Crippen LogP contribution in [0.25, 0.3) is 0 Å². The lowest BCUT2D eigenvalue weighted by molar-refractivity contribution is -0.138. The Bertz CT molecular complexity index is 223. The van der Waals surface area contributed by atoms with Crippen molar-refractivity contribution in [1.29, 1.82) is 0 Å². The van der Waals surface area contributed by atoms with Gasteiger partial charge in [-0.3, -0.25) is 9.69 Å². The first-order valence-electron chi connectivity index (χ1n) is 5.73.